The number of hydrogen-bond donors (Lipinski definition) is 1. The van der Waals surface area contributed by atoms with Crippen LogP contribution in [0.4, 0.5) is 4.39 Å². The Hall–Kier alpha value is -4.00. The largest absolute Gasteiger partial charge is 0.481 e. The number of hydrogen-bond acceptors (Lipinski definition) is 4. The Morgan fingerprint density at radius 3 is 2.63 bits per heavy atom. The molecule has 1 N–H and O–H groups in total. The number of carbonyl (C=O) groups is 2. The molecule has 38 heavy (non-hydrogen) atoms. The lowest BCUT2D eigenvalue weighted by Crippen LogP contribution is -2.28. The molecule has 3 atom stereocenters. The van der Waals surface area contributed by atoms with E-state index in [4.69, 9.17) is 15.1 Å². The van der Waals surface area contributed by atoms with Gasteiger partial charge in [0.1, 0.15) is 5.82 Å². The van der Waals surface area contributed by atoms with E-state index in [1.807, 2.05) is 6.21 Å². The maximum absolute atomic E-state index is 13.5. The summed E-state index contributed by atoms with van der Waals surface area (Å²) in [7, 11) is 0. The molecule has 0 aliphatic heterocycles. The molecule has 1 fully saturated rings. The summed E-state index contributed by atoms with van der Waals surface area (Å²) in [5, 5.41) is 8.96. The van der Waals surface area contributed by atoms with E-state index in [1.165, 1.54) is 18.6 Å². The number of rotatable bonds is 8. The van der Waals surface area contributed by atoms with E-state index < -0.39 is 5.97 Å². The van der Waals surface area contributed by atoms with Crippen molar-refractivity contribution in [3.63, 3.8) is 0 Å². The van der Waals surface area contributed by atoms with Crippen LogP contribution >= 0.6 is 0 Å². The quantitative estimate of drug-likeness (QED) is 0.272. The van der Waals surface area contributed by atoms with Crippen LogP contribution in [0, 0.1) is 23.6 Å². The molecule has 1 heterocycles. The van der Waals surface area contributed by atoms with Crippen molar-refractivity contribution in [2.45, 2.75) is 44.9 Å². The minimum absolute atomic E-state index is 0.0816. The summed E-state index contributed by atoms with van der Waals surface area (Å²) < 4.78 is 13.5. The fourth-order valence-corrected chi connectivity index (χ4v) is 5.42. The molecular formula is C31H30FN3O3. The van der Waals surface area contributed by atoms with Crippen molar-refractivity contribution in [3.05, 3.63) is 83.8 Å². The summed E-state index contributed by atoms with van der Waals surface area (Å²) in [5.41, 5.74) is 3.69. The van der Waals surface area contributed by atoms with E-state index in [1.54, 1.807) is 30.3 Å². The van der Waals surface area contributed by atoms with E-state index in [0.29, 0.717) is 59.1 Å². The Morgan fingerprint density at radius 1 is 1.00 bits per heavy atom. The van der Waals surface area contributed by atoms with Gasteiger partial charge in [-0.2, -0.15) is 0 Å². The highest BCUT2D eigenvalue weighted by Crippen LogP contribution is 2.37. The van der Waals surface area contributed by atoms with Crippen molar-refractivity contribution in [3.8, 4) is 11.3 Å². The highest BCUT2D eigenvalue weighted by Gasteiger charge is 2.30. The first-order valence-corrected chi connectivity index (χ1v) is 13.2. The number of allylic oxidation sites excluding steroid dienone is 4. The number of aliphatic imine (C=N–C) groups is 1. The van der Waals surface area contributed by atoms with Gasteiger partial charge in [0.2, 0.25) is 0 Å². The Kier molecular flexibility index (Phi) is 7.82. The van der Waals surface area contributed by atoms with Gasteiger partial charge in [0.15, 0.2) is 0 Å². The summed E-state index contributed by atoms with van der Waals surface area (Å²) in [6, 6.07) is 11.3. The van der Waals surface area contributed by atoms with Crippen LogP contribution in [0.25, 0.3) is 22.3 Å². The summed E-state index contributed by atoms with van der Waals surface area (Å²) in [6.07, 6.45) is 15.6. The Morgan fingerprint density at radius 2 is 1.82 bits per heavy atom. The van der Waals surface area contributed by atoms with E-state index >= 15 is 0 Å². The summed E-state index contributed by atoms with van der Waals surface area (Å²) in [6.45, 7) is 0. The van der Waals surface area contributed by atoms with Gasteiger partial charge in [-0.15, -0.1) is 0 Å². The lowest BCUT2D eigenvalue weighted by Gasteiger charge is -2.34. The van der Waals surface area contributed by atoms with Crippen LogP contribution in [0.5, 0.6) is 0 Å². The number of carboxylic acid groups (broad SMARTS) is 1. The first-order chi connectivity index (χ1) is 18.5. The monoisotopic (exact) mass is 511 g/mol. The van der Waals surface area contributed by atoms with Crippen molar-refractivity contribution in [1.29, 1.82) is 0 Å². The fourth-order valence-electron chi connectivity index (χ4n) is 5.42. The molecule has 2 aliphatic rings. The SMILES string of the molecule is O=C(O)CCCCc1nc2cc(C(=O)N=CC3CCCC4C=CC=CC43)ccc2nc1-c1ccc(F)cc1. The number of unbranched alkanes of at least 4 members (excludes halogenated alkanes) is 1. The molecule has 194 valence electrons. The maximum Gasteiger partial charge on any atom is 0.303 e. The molecule has 2 aromatic carbocycles. The molecular weight excluding hydrogens is 481 g/mol. The minimum Gasteiger partial charge on any atom is -0.481 e. The topological polar surface area (TPSA) is 92.5 Å². The molecule has 6 nitrogen and oxygen atoms in total. The smallest absolute Gasteiger partial charge is 0.303 e. The Bertz CT molecular complexity index is 1430. The van der Waals surface area contributed by atoms with Crippen molar-refractivity contribution >= 4 is 29.1 Å². The molecule has 0 spiro atoms. The van der Waals surface area contributed by atoms with Gasteiger partial charge >= 0.3 is 5.97 Å². The number of aryl methyl sites for hydroxylation is 1. The second-order valence-corrected chi connectivity index (χ2v) is 10.0. The highest BCUT2D eigenvalue weighted by atomic mass is 19.1. The number of carboxylic acids is 1. The lowest BCUT2D eigenvalue weighted by atomic mass is 9.71. The zero-order valence-corrected chi connectivity index (χ0v) is 21.1. The van der Waals surface area contributed by atoms with Gasteiger partial charge in [0.25, 0.3) is 5.91 Å². The Labute approximate surface area is 221 Å². The predicted molar refractivity (Wildman–Crippen MR) is 146 cm³/mol. The number of aliphatic carboxylic acids is 1. The number of carbonyl (C=O) groups excluding carboxylic acids is 1. The van der Waals surface area contributed by atoms with Crippen LogP contribution < -0.4 is 0 Å². The number of aromatic nitrogens is 2. The standard InChI is InChI=1S/C31H30FN3O3/c32-24-15-12-21(13-16-24)30-27(10-3-4-11-29(36)37)34-28-18-22(14-17-26(28)35-30)31(38)33-19-23-8-5-7-20-6-1-2-9-25(20)23/h1-2,6,9,12-20,23,25H,3-5,7-8,10-11H2,(H,36,37). The molecule has 3 unspecified atom stereocenters. The van der Waals surface area contributed by atoms with Crippen molar-refractivity contribution in [2.24, 2.45) is 22.7 Å². The number of fused-ring (bicyclic) bond motifs is 2. The molecule has 0 saturated heterocycles. The van der Waals surface area contributed by atoms with Crippen LogP contribution in [0.15, 0.2) is 71.8 Å². The predicted octanol–water partition coefficient (Wildman–Crippen LogP) is 6.60. The first-order valence-electron chi connectivity index (χ1n) is 13.2. The van der Waals surface area contributed by atoms with Gasteiger partial charge in [0, 0.05) is 29.7 Å². The molecule has 7 heteroatoms. The number of halogens is 1. The van der Waals surface area contributed by atoms with Crippen molar-refractivity contribution in [2.75, 3.05) is 0 Å². The average molecular weight is 512 g/mol. The summed E-state index contributed by atoms with van der Waals surface area (Å²) in [4.78, 5) is 37.8. The summed E-state index contributed by atoms with van der Waals surface area (Å²) >= 11 is 0. The highest BCUT2D eigenvalue weighted by molar-refractivity contribution is 6.01. The molecule has 5 rings (SSSR count). The van der Waals surface area contributed by atoms with Crippen LogP contribution in [0.1, 0.15) is 54.6 Å². The summed E-state index contributed by atoms with van der Waals surface area (Å²) in [5.74, 6) is -0.334. The van der Waals surface area contributed by atoms with E-state index in [0.717, 1.165) is 18.4 Å². The molecule has 0 radical (unpaired) electrons. The maximum atomic E-state index is 13.5. The van der Waals surface area contributed by atoms with E-state index in [-0.39, 0.29) is 24.1 Å². The molecule has 2 aliphatic carbocycles. The normalized spacial score (nSPS) is 20.6. The van der Waals surface area contributed by atoms with Gasteiger partial charge in [-0.05, 0) is 86.4 Å². The number of benzene rings is 2. The van der Waals surface area contributed by atoms with Gasteiger partial charge < -0.3 is 5.11 Å². The van der Waals surface area contributed by atoms with Crippen molar-refractivity contribution < 1.29 is 19.1 Å². The van der Waals surface area contributed by atoms with E-state index in [9.17, 15) is 14.0 Å². The number of amides is 1. The van der Waals surface area contributed by atoms with Gasteiger partial charge in [0.05, 0.1) is 22.4 Å². The second-order valence-electron chi connectivity index (χ2n) is 10.0. The van der Waals surface area contributed by atoms with Gasteiger partial charge in [-0.1, -0.05) is 30.7 Å². The lowest BCUT2D eigenvalue weighted by molar-refractivity contribution is -0.137. The zero-order valence-electron chi connectivity index (χ0n) is 21.1. The first kappa shape index (κ1) is 25.6. The molecule has 1 aromatic heterocycles. The third-order valence-corrected chi connectivity index (χ3v) is 7.40. The van der Waals surface area contributed by atoms with Crippen LogP contribution in [0.2, 0.25) is 0 Å². The molecule has 1 saturated carbocycles. The van der Waals surface area contributed by atoms with Crippen LogP contribution in [-0.4, -0.2) is 33.2 Å². The second kappa shape index (κ2) is 11.6. The van der Waals surface area contributed by atoms with Gasteiger partial charge in [-0.3, -0.25) is 9.59 Å². The Balaban J connectivity index is 1.40. The number of nitrogens with zero attached hydrogens (tertiary/aromatic N) is 3. The van der Waals surface area contributed by atoms with E-state index in [2.05, 4.69) is 29.3 Å². The van der Waals surface area contributed by atoms with Crippen LogP contribution in [0.3, 0.4) is 0 Å². The molecule has 0 bridgehead atoms. The molecule has 1 amide bonds. The fraction of sp³-hybridized carbons (Fsp3) is 0.323. The third kappa shape index (κ3) is 5.93. The van der Waals surface area contributed by atoms with Crippen LogP contribution in [-0.2, 0) is 11.2 Å². The van der Waals surface area contributed by atoms with Gasteiger partial charge in [-0.25, -0.2) is 19.4 Å². The average Bonchev–Trinajstić information content (AvgIpc) is 2.93. The van der Waals surface area contributed by atoms with Crippen molar-refractivity contribution in [1.82, 2.24) is 9.97 Å². The molecule has 3 aromatic rings. The zero-order chi connectivity index (χ0) is 26.5. The minimum atomic E-state index is -0.836. The third-order valence-electron chi connectivity index (χ3n) is 7.40.